The van der Waals surface area contributed by atoms with Gasteiger partial charge in [0.1, 0.15) is 11.5 Å². The van der Waals surface area contributed by atoms with Crippen LogP contribution in [-0.4, -0.2) is 70.2 Å². The largest absolute Gasteiger partial charge is 0.507 e. The summed E-state index contributed by atoms with van der Waals surface area (Å²) in [4.78, 5) is 42.7. The predicted octanol–water partition coefficient (Wildman–Crippen LogP) is 5.61. The van der Waals surface area contributed by atoms with Crippen molar-refractivity contribution in [2.75, 3.05) is 31.1 Å². The zero-order valence-electron chi connectivity index (χ0n) is 28.3. The minimum atomic E-state index is -0.613. The van der Waals surface area contributed by atoms with E-state index in [2.05, 4.69) is 44.4 Å². The van der Waals surface area contributed by atoms with E-state index in [0.717, 1.165) is 35.4 Å². The summed E-state index contributed by atoms with van der Waals surface area (Å²) in [6.45, 7) is 4.84. The molecule has 258 valence electrons. The van der Waals surface area contributed by atoms with Gasteiger partial charge in [-0.2, -0.15) is 10.2 Å². The third-order valence-corrected chi connectivity index (χ3v) is 10.9. The number of phenolic OH excluding ortho intramolecular Hbond substituents is 1. The normalized spacial score (nSPS) is 20.2. The number of anilines is 1. The fourth-order valence-corrected chi connectivity index (χ4v) is 7.86. The number of hydrogen-bond donors (Lipinski definition) is 2. The molecule has 3 fully saturated rings. The minimum Gasteiger partial charge on any atom is -0.507 e. The molecule has 7 rings (SSSR count). The Balaban J connectivity index is 0.986. The molecule has 3 amide bonds. The number of imide groups is 1. The number of piperidine rings is 3. The number of benzene rings is 3. The fraction of sp³-hybridized carbons (Fsp3) is 0.375. The lowest BCUT2D eigenvalue weighted by atomic mass is 9.71. The molecule has 0 spiro atoms. The maximum Gasteiger partial charge on any atom is 0.234 e. The van der Waals surface area contributed by atoms with Crippen LogP contribution in [0.4, 0.5) is 5.69 Å². The monoisotopic (exact) mass is 673 g/mol. The van der Waals surface area contributed by atoms with E-state index in [4.69, 9.17) is 4.74 Å². The number of rotatable bonds is 8. The highest BCUT2D eigenvalue weighted by molar-refractivity contribution is 6.01. The minimum absolute atomic E-state index is 0.0308. The van der Waals surface area contributed by atoms with Crippen molar-refractivity contribution in [1.29, 1.82) is 0 Å². The van der Waals surface area contributed by atoms with Gasteiger partial charge in [0.2, 0.25) is 17.7 Å². The van der Waals surface area contributed by atoms with E-state index in [1.54, 1.807) is 18.3 Å². The van der Waals surface area contributed by atoms with Gasteiger partial charge in [-0.05, 0) is 86.4 Å². The standard InChI is InChI=1S/C40H43N5O5/c1-27(50-32-13-11-29(12-14-32)33-15-16-37(47)42-38(33)48)28-17-21-45(22-18-28)39(49)40(30-7-3-2-4-8-30)19-23-44(24-20-40)31-25-35(43-41-26-31)34-9-5-6-10-36(34)46/h2-14,25-28,33,46H,15-24H2,1H3,(H,42,47,48)/t27-,33-/m1/s1. The van der Waals surface area contributed by atoms with Crippen LogP contribution in [0.25, 0.3) is 11.3 Å². The summed E-state index contributed by atoms with van der Waals surface area (Å²) in [6, 6.07) is 26.9. The van der Waals surface area contributed by atoms with Crippen LogP contribution >= 0.6 is 0 Å². The number of ether oxygens (including phenoxy) is 1. The predicted molar refractivity (Wildman–Crippen MR) is 190 cm³/mol. The second-order valence-corrected chi connectivity index (χ2v) is 13.8. The van der Waals surface area contributed by atoms with Gasteiger partial charge in [0.15, 0.2) is 0 Å². The highest BCUT2D eigenvalue weighted by Crippen LogP contribution is 2.40. The van der Waals surface area contributed by atoms with Crippen molar-refractivity contribution in [3.05, 3.63) is 102 Å². The zero-order chi connectivity index (χ0) is 34.7. The Hall–Kier alpha value is -5.25. The molecule has 1 aromatic heterocycles. The van der Waals surface area contributed by atoms with E-state index in [1.165, 1.54) is 0 Å². The van der Waals surface area contributed by atoms with Gasteiger partial charge in [0.05, 0.1) is 35.0 Å². The van der Waals surface area contributed by atoms with E-state index >= 15 is 0 Å². The molecule has 3 aliphatic rings. The van der Waals surface area contributed by atoms with E-state index in [1.807, 2.05) is 60.7 Å². The molecule has 0 bridgehead atoms. The van der Waals surface area contributed by atoms with Crippen LogP contribution in [0.15, 0.2) is 91.1 Å². The maximum atomic E-state index is 14.5. The van der Waals surface area contributed by atoms with Gasteiger partial charge < -0.3 is 19.6 Å². The van der Waals surface area contributed by atoms with Crippen molar-refractivity contribution in [3.63, 3.8) is 0 Å². The van der Waals surface area contributed by atoms with Gasteiger partial charge >= 0.3 is 0 Å². The molecule has 10 heteroatoms. The summed E-state index contributed by atoms with van der Waals surface area (Å²) in [5.41, 5.74) is 3.51. The first-order chi connectivity index (χ1) is 24.3. The second kappa shape index (κ2) is 14.3. The molecule has 0 saturated carbocycles. The molecule has 0 aliphatic carbocycles. The Kier molecular flexibility index (Phi) is 9.52. The Morgan fingerprint density at radius 2 is 1.62 bits per heavy atom. The number of aromatic nitrogens is 2. The molecular formula is C40H43N5O5. The van der Waals surface area contributed by atoms with E-state index < -0.39 is 5.41 Å². The Labute approximate surface area is 292 Å². The molecule has 50 heavy (non-hydrogen) atoms. The molecule has 0 radical (unpaired) electrons. The van der Waals surface area contributed by atoms with Crippen molar-refractivity contribution in [2.45, 2.75) is 62.9 Å². The first-order valence-electron chi connectivity index (χ1n) is 17.6. The van der Waals surface area contributed by atoms with Crippen molar-refractivity contribution >= 4 is 23.4 Å². The highest BCUT2D eigenvalue weighted by atomic mass is 16.5. The van der Waals surface area contributed by atoms with Crippen LogP contribution in [0.2, 0.25) is 0 Å². The summed E-state index contributed by atoms with van der Waals surface area (Å²) in [5.74, 6) is 0.643. The summed E-state index contributed by atoms with van der Waals surface area (Å²) >= 11 is 0. The molecule has 4 heterocycles. The van der Waals surface area contributed by atoms with Crippen LogP contribution in [0, 0.1) is 5.92 Å². The number of para-hydroxylation sites is 1. The number of amides is 3. The number of carbonyl (C=O) groups is 3. The molecule has 4 aromatic rings. The summed E-state index contributed by atoms with van der Waals surface area (Å²) in [5, 5.41) is 21.3. The number of hydrogen-bond acceptors (Lipinski definition) is 8. The lowest BCUT2D eigenvalue weighted by Gasteiger charge is -2.45. The van der Waals surface area contributed by atoms with Crippen molar-refractivity contribution < 1.29 is 24.2 Å². The van der Waals surface area contributed by atoms with Crippen LogP contribution < -0.4 is 15.0 Å². The number of likely N-dealkylation sites (tertiary alicyclic amines) is 1. The average molecular weight is 674 g/mol. The molecule has 3 aromatic carbocycles. The van der Waals surface area contributed by atoms with Gasteiger partial charge in [-0.15, -0.1) is 0 Å². The summed E-state index contributed by atoms with van der Waals surface area (Å²) in [7, 11) is 0. The Morgan fingerprint density at radius 3 is 2.32 bits per heavy atom. The van der Waals surface area contributed by atoms with Crippen molar-refractivity contribution in [1.82, 2.24) is 20.4 Å². The third kappa shape index (κ3) is 6.79. The SMILES string of the molecule is C[C@@H](Oc1ccc([C@H]2CCC(=O)NC2=O)cc1)C1CCN(C(=O)C2(c3ccccc3)CCN(c3cnnc(-c4ccccc4O)c3)CC2)CC1. The summed E-state index contributed by atoms with van der Waals surface area (Å²) in [6.07, 6.45) is 5.66. The van der Waals surface area contributed by atoms with Crippen molar-refractivity contribution in [2.24, 2.45) is 5.92 Å². The Morgan fingerprint density at radius 1 is 0.920 bits per heavy atom. The number of nitrogens with zero attached hydrogens (tertiary/aromatic N) is 4. The number of carbonyl (C=O) groups excluding carboxylic acids is 3. The smallest absolute Gasteiger partial charge is 0.234 e. The van der Waals surface area contributed by atoms with Gasteiger partial charge in [0, 0.05) is 38.2 Å². The van der Waals surface area contributed by atoms with Crippen LogP contribution in [0.3, 0.4) is 0 Å². The lowest BCUT2D eigenvalue weighted by Crippen LogP contribution is -2.55. The number of aromatic hydroxyl groups is 1. The molecular weight excluding hydrogens is 630 g/mol. The van der Waals surface area contributed by atoms with Gasteiger partial charge in [-0.3, -0.25) is 19.7 Å². The van der Waals surface area contributed by atoms with Crippen molar-refractivity contribution in [3.8, 4) is 22.8 Å². The van der Waals surface area contributed by atoms with E-state index in [-0.39, 0.29) is 35.5 Å². The molecule has 10 nitrogen and oxygen atoms in total. The van der Waals surface area contributed by atoms with Gasteiger partial charge in [0.25, 0.3) is 0 Å². The van der Waals surface area contributed by atoms with Crippen LogP contribution in [0.5, 0.6) is 11.5 Å². The first-order valence-corrected chi connectivity index (χ1v) is 17.6. The average Bonchev–Trinajstić information content (AvgIpc) is 3.16. The quantitative estimate of drug-likeness (QED) is 0.231. The third-order valence-electron chi connectivity index (χ3n) is 10.9. The van der Waals surface area contributed by atoms with Gasteiger partial charge in [-0.1, -0.05) is 54.6 Å². The Bertz CT molecular complexity index is 1830. The number of phenols is 1. The van der Waals surface area contributed by atoms with Gasteiger partial charge in [-0.25, -0.2) is 0 Å². The maximum absolute atomic E-state index is 14.5. The summed E-state index contributed by atoms with van der Waals surface area (Å²) < 4.78 is 6.35. The zero-order valence-corrected chi connectivity index (χ0v) is 28.3. The highest BCUT2D eigenvalue weighted by Gasteiger charge is 2.46. The number of nitrogens with one attached hydrogen (secondary N) is 1. The molecule has 2 atom stereocenters. The molecule has 3 saturated heterocycles. The molecule has 2 N–H and O–H groups in total. The van der Waals surface area contributed by atoms with Crippen LogP contribution in [0.1, 0.15) is 62.5 Å². The topological polar surface area (TPSA) is 125 Å². The fourth-order valence-electron chi connectivity index (χ4n) is 7.86. The molecule has 3 aliphatic heterocycles. The molecule has 0 unspecified atom stereocenters. The first kappa shape index (κ1) is 33.3. The van der Waals surface area contributed by atoms with E-state index in [9.17, 15) is 19.5 Å². The van der Waals surface area contributed by atoms with E-state index in [0.29, 0.717) is 69.0 Å². The lowest BCUT2D eigenvalue weighted by molar-refractivity contribution is -0.140. The second-order valence-electron chi connectivity index (χ2n) is 13.8. The van der Waals surface area contributed by atoms with Crippen LogP contribution in [-0.2, 0) is 19.8 Å².